The van der Waals surface area contributed by atoms with Gasteiger partial charge in [0, 0.05) is 0 Å². The Balaban J connectivity index is 0.00000169. The van der Waals surface area contributed by atoms with Gasteiger partial charge < -0.3 is 4.74 Å². The molecular formula is C8H9NaO4S. The van der Waals surface area contributed by atoms with Crippen molar-refractivity contribution in [2.45, 2.75) is 4.90 Å². The average Bonchev–Trinajstić information content (AvgIpc) is 2.04. The summed E-state index contributed by atoms with van der Waals surface area (Å²) in [7, 11) is -4.12. The second-order valence-electron chi connectivity index (χ2n) is 2.23. The van der Waals surface area contributed by atoms with Crippen LogP contribution in [0.3, 0.4) is 0 Å². The van der Waals surface area contributed by atoms with Crippen LogP contribution in [0.1, 0.15) is 0 Å². The van der Waals surface area contributed by atoms with Crippen molar-refractivity contribution in [2.24, 2.45) is 0 Å². The summed E-state index contributed by atoms with van der Waals surface area (Å²) >= 11 is 0. The van der Waals surface area contributed by atoms with Gasteiger partial charge in [0.15, 0.2) is 0 Å². The molecule has 1 N–H and O–H groups in total. The number of hydrogen-bond acceptors (Lipinski definition) is 3. The summed E-state index contributed by atoms with van der Waals surface area (Å²) < 4.78 is 34.7. The number of hydrogen-bond donors (Lipinski definition) is 1. The van der Waals surface area contributed by atoms with Crippen LogP contribution in [-0.2, 0) is 10.1 Å². The van der Waals surface area contributed by atoms with Crippen LogP contribution in [0.25, 0.3) is 0 Å². The summed E-state index contributed by atoms with van der Waals surface area (Å²) in [5, 5.41) is 0. The number of benzene rings is 1. The van der Waals surface area contributed by atoms with Gasteiger partial charge in [0.2, 0.25) is 0 Å². The number of rotatable bonds is 3. The minimum atomic E-state index is -4.12. The molecule has 1 aromatic rings. The molecule has 0 radical (unpaired) electrons. The van der Waals surface area contributed by atoms with Gasteiger partial charge in [0.05, 0.1) is 11.2 Å². The van der Waals surface area contributed by atoms with E-state index in [1.165, 1.54) is 30.5 Å². The van der Waals surface area contributed by atoms with Gasteiger partial charge in [-0.1, -0.05) is 6.58 Å². The fourth-order valence-electron chi connectivity index (χ4n) is 0.786. The monoisotopic (exact) mass is 224 g/mol. The molecule has 0 fully saturated rings. The Bertz CT molecular complexity index is 396. The van der Waals surface area contributed by atoms with E-state index in [9.17, 15) is 8.42 Å². The Kier molecular flexibility index (Phi) is 5.40. The first-order valence-electron chi connectivity index (χ1n) is 3.39. The van der Waals surface area contributed by atoms with Crippen molar-refractivity contribution in [3.63, 3.8) is 0 Å². The molecule has 0 bridgehead atoms. The van der Waals surface area contributed by atoms with Crippen LogP contribution in [0, 0.1) is 0 Å². The molecule has 0 aliphatic rings. The molecule has 0 aromatic heterocycles. The Morgan fingerprint density at radius 2 is 1.79 bits per heavy atom. The van der Waals surface area contributed by atoms with Crippen molar-refractivity contribution in [2.75, 3.05) is 0 Å². The third-order valence-electron chi connectivity index (χ3n) is 1.34. The zero-order chi connectivity index (χ0) is 9.90. The van der Waals surface area contributed by atoms with E-state index in [0.29, 0.717) is 5.75 Å². The zero-order valence-electron chi connectivity index (χ0n) is 6.67. The molecule has 0 unspecified atom stereocenters. The van der Waals surface area contributed by atoms with Crippen molar-refractivity contribution in [1.82, 2.24) is 0 Å². The Morgan fingerprint density at radius 3 is 2.14 bits per heavy atom. The summed E-state index contributed by atoms with van der Waals surface area (Å²) in [4.78, 5) is -0.163. The quantitative estimate of drug-likeness (QED) is 0.468. The predicted octanol–water partition coefficient (Wildman–Crippen LogP) is 0.807. The van der Waals surface area contributed by atoms with Crippen molar-refractivity contribution in [3.8, 4) is 5.75 Å². The second-order valence-corrected chi connectivity index (χ2v) is 3.65. The number of ether oxygens (including phenoxy) is 1. The molecule has 72 valence electrons. The summed E-state index contributed by atoms with van der Waals surface area (Å²) in [6.07, 6.45) is 1.22. The van der Waals surface area contributed by atoms with E-state index in [-0.39, 0.29) is 34.5 Å². The Labute approximate surface area is 105 Å². The minimum absolute atomic E-state index is 0. The molecule has 0 heterocycles. The van der Waals surface area contributed by atoms with Crippen molar-refractivity contribution >= 4 is 39.7 Å². The first-order valence-corrected chi connectivity index (χ1v) is 4.83. The Morgan fingerprint density at radius 1 is 1.29 bits per heavy atom. The summed E-state index contributed by atoms with van der Waals surface area (Å²) in [6, 6.07) is 5.33. The first-order chi connectivity index (χ1) is 6.04. The molecule has 0 spiro atoms. The van der Waals surface area contributed by atoms with Gasteiger partial charge in [-0.05, 0) is 24.3 Å². The van der Waals surface area contributed by atoms with Crippen molar-refractivity contribution < 1.29 is 17.7 Å². The molecule has 0 aliphatic heterocycles. The van der Waals surface area contributed by atoms with E-state index in [4.69, 9.17) is 9.29 Å². The standard InChI is InChI=1S/C8H8O4S.Na.H/c1-2-12-7-3-5-8(6-4-7)13(9,10)11;;/h2-6H,1H2,(H,9,10,11);;. The van der Waals surface area contributed by atoms with Crippen LogP contribution in [0.5, 0.6) is 5.75 Å². The SMILES string of the molecule is C=COc1ccc(S(=O)(=O)O)cc1.[NaH]. The van der Waals surface area contributed by atoms with Crippen LogP contribution in [0.15, 0.2) is 42.0 Å². The van der Waals surface area contributed by atoms with Gasteiger partial charge in [-0.2, -0.15) is 8.42 Å². The normalized spacial score (nSPS) is 10.1. The molecule has 0 atom stereocenters. The third kappa shape index (κ3) is 3.81. The topological polar surface area (TPSA) is 63.6 Å². The van der Waals surface area contributed by atoms with Crippen LogP contribution in [-0.4, -0.2) is 42.5 Å². The van der Waals surface area contributed by atoms with Crippen LogP contribution < -0.4 is 4.74 Å². The maximum atomic E-state index is 10.6. The molecule has 14 heavy (non-hydrogen) atoms. The summed E-state index contributed by atoms with van der Waals surface area (Å²) in [5.41, 5.74) is 0. The molecule has 6 heteroatoms. The van der Waals surface area contributed by atoms with Crippen LogP contribution >= 0.6 is 0 Å². The van der Waals surface area contributed by atoms with Gasteiger partial charge in [0.1, 0.15) is 5.75 Å². The summed E-state index contributed by atoms with van der Waals surface area (Å²) in [6.45, 7) is 3.34. The first kappa shape index (κ1) is 13.7. The molecule has 4 nitrogen and oxygen atoms in total. The van der Waals surface area contributed by atoms with Gasteiger partial charge in [-0.25, -0.2) is 0 Å². The molecule has 0 aliphatic carbocycles. The fraction of sp³-hybridized carbons (Fsp3) is 0. The molecule has 0 saturated heterocycles. The summed E-state index contributed by atoms with van der Waals surface area (Å²) in [5.74, 6) is 0.461. The van der Waals surface area contributed by atoms with E-state index in [1.54, 1.807) is 0 Å². The zero-order valence-corrected chi connectivity index (χ0v) is 7.49. The molecule has 1 aromatic carbocycles. The van der Waals surface area contributed by atoms with Crippen molar-refractivity contribution in [3.05, 3.63) is 37.1 Å². The van der Waals surface area contributed by atoms with Crippen molar-refractivity contribution in [1.29, 1.82) is 0 Å². The molecule has 1 rings (SSSR count). The van der Waals surface area contributed by atoms with E-state index in [1.807, 2.05) is 0 Å². The predicted molar refractivity (Wildman–Crippen MR) is 54.2 cm³/mol. The van der Waals surface area contributed by atoms with Gasteiger partial charge in [-0.15, -0.1) is 0 Å². The van der Waals surface area contributed by atoms with E-state index >= 15 is 0 Å². The van der Waals surface area contributed by atoms with Gasteiger partial charge >= 0.3 is 29.6 Å². The van der Waals surface area contributed by atoms with Gasteiger partial charge in [-0.3, -0.25) is 4.55 Å². The van der Waals surface area contributed by atoms with Crippen LogP contribution in [0.2, 0.25) is 0 Å². The van der Waals surface area contributed by atoms with E-state index in [0.717, 1.165) is 0 Å². The fourth-order valence-corrected chi connectivity index (χ4v) is 1.27. The molecule has 0 amide bonds. The maximum absolute atomic E-state index is 10.6. The van der Waals surface area contributed by atoms with E-state index in [2.05, 4.69) is 6.58 Å². The molecular weight excluding hydrogens is 215 g/mol. The second kappa shape index (κ2) is 5.53. The van der Waals surface area contributed by atoms with E-state index < -0.39 is 10.1 Å². The van der Waals surface area contributed by atoms with Gasteiger partial charge in [0.25, 0.3) is 10.1 Å². The third-order valence-corrected chi connectivity index (χ3v) is 2.21. The Hall–Kier alpha value is -0.330. The average molecular weight is 224 g/mol. The van der Waals surface area contributed by atoms with Crippen LogP contribution in [0.4, 0.5) is 0 Å². The molecule has 0 saturated carbocycles.